The Morgan fingerprint density at radius 2 is 1.50 bits per heavy atom. The van der Waals surface area contributed by atoms with Crippen LogP contribution in [0.4, 0.5) is 0 Å². The van der Waals surface area contributed by atoms with E-state index in [-0.39, 0.29) is 72.0 Å². The summed E-state index contributed by atoms with van der Waals surface area (Å²) < 4.78 is 0. The van der Waals surface area contributed by atoms with Gasteiger partial charge in [0.1, 0.15) is 6.79 Å². The molecule has 4 heavy (non-hydrogen) atoms. The Balaban J connectivity index is -0.000000000500. The minimum Gasteiger partial charge on any atom is -1.00 e. The van der Waals surface area contributed by atoms with Crippen LogP contribution in [0.25, 0.3) is 0 Å². The molecular weight excluding hydrogens is 172 g/mol. The normalized spacial score (nSPS) is 1.00. The largest absolute Gasteiger partial charge is 2.00 e. The van der Waals surface area contributed by atoms with Gasteiger partial charge in [0.25, 0.3) is 0 Å². The smallest absolute Gasteiger partial charge is 1.00 e. The first kappa shape index (κ1) is 17.0. The SMILES string of the molecule is C=O.[Ba+2].[H-].[H-].[H-].[Li+]. The van der Waals surface area contributed by atoms with Crippen molar-refractivity contribution in [2.45, 2.75) is 0 Å². The van der Waals surface area contributed by atoms with Gasteiger partial charge in [-0.3, -0.25) is 0 Å². The molecule has 18 valence electrons. The van der Waals surface area contributed by atoms with Gasteiger partial charge in [-0.05, 0) is 0 Å². The molecule has 0 rings (SSSR count). The fourth-order valence-electron chi connectivity index (χ4n) is 0. The Kier molecular flexibility index (Phi) is 89.4. The topological polar surface area (TPSA) is 17.1 Å². The molecule has 0 unspecified atom stereocenters. The molecule has 0 aromatic heterocycles. The first-order valence-electron chi connectivity index (χ1n) is 0.289. The molecule has 0 fully saturated rings. The summed E-state index contributed by atoms with van der Waals surface area (Å²) in [5, 5.41) is 0. The van der Waals surface area contributed by atoms with E-state index in [9.17, 15) is 0 Å². The Morgan fingerprint density at radius 3 is 1.50 bits per heavy atom. The standard InChI is InChI=1S/CH2O.Ba.Li.3H/c1-2;;;;;/h1H2;;;;;/q;+2;+1;3*-1. The van der Waals surface area contributed by atoms with Crippen molar-refractivity contribution in [2.75, 3.05) is 0 Å². The molecule has 0 aliphatic heterocycles. The van der Waals surface area contributed by atoms with E-state index in [1.165, 1.54) is 0 Å². The maximum Gasteiger partial charge on any atom is 2.00 e. The molecule has 0 saturated heterocycles. The molecule has 0 amide bonds. The van der Waals surface area contributed by atoms with Crippen LogP contribution in [0.5, 0.6) is 0 Å². The van der Waals surface area contributed by atoms with Crippen molar-refractivity contribution in [3.63, 3.8) is 0 Å². The Labute approximate surface area is 82.2 Å². The molecule has 1 nitrogen and oxygen atoms in total. The molecule has 0 aliphatic rings. The summed E-state index contributed by atoms with van der Waals surface area (Å²) in [6, 6.07) is 0. The number of carbonyl (C=O) groups excluding carboxylic acids is 1. The second-order valence-corrected chi connectivity index (χ2v) is 0. The fraction of sp³-hybridized carbons (Fsp3) is 0. The molecule has 0 spiro atoms. The van der Waals surface area contributed by atoms with Crippen molar-refractivity contribution >= 4 is 55.7 Å². The molecule has 0 radical (unpaired) electrons. The van der Waals surface area contributed by atoms with Crippen LogP contribution in [0.3, 0.4) is 0 Å². The van der Waals surface area contributed by atoms with Gasteiger partial charge >= 0.3 is 67.7 Å². The van der Waals surface area contributed by atoms with Gasteiger partial charge in [-0.25, -0.2) is 0 Å². The van der Waals surface area contributed by atoms with Gasteiger partial charge in [-0.15, -0.1) is 0 Å². The zero-order valence-electron chi connectivity index (χ0n) is 5.82. The van der Waals surface area contributed by atoms with E-state index in [1.54, 1.807) is 0 Å². The van der Waals surface area contributed by atoms with Gasteiger partial charge in [0.2, 0.25) is 0 Å². The number of hydrogen-bond donors (Lipinski definition) is 0. The predicted molar refractivity (Wildman–Crippen MR) is 16.2 cm³/mol. The minimum atomic E-state index is 0. The van der Waals surface area contributed by atoms with Crippen LogP contribution in [0.15, 0.2) is 0 Å². The minimum absolute atomic E-state index is 0. The molecule has 0 saturated carbocycles. The molecule has 3 heteroatoms. The van der Waals surface area contributed by atoms with Gasteiger partial charge < -0.3 is 9.07 Å². The molecule has 0 aliphatic carbocycles. The molecule has 0 N–H and O–H groups in total. The third-order valence-electron chi connectivity index (χ3n) is 0. The second kappa shape index (κ2) is 21.1. The Hall–Kier alpha value is 1.84. The van der Waals surface area contributed by atoms with Crippen LogP contribution in [0.1, 0.15) is 4.28 Å². The third-order valence-corrected chi connectivity index (χ3v) is 0. The predicted octanol–water partition coefficient (Wildman–Crippen LogP) is -3.22. The third kappa shape index (κ3) is 9.15. The Bertz CT molecular complexity index is 14.9. The molecule has 0 aromatic rings. The van der Waals surface area contributed by atoms with Gasteiger partial charge in [-0.1, -0.05) is 0 Å². The van der Waals surface area contributed by atoms with E-state index in [0.29, 0.717) is 0 Å². The van der Waals surface area contributed by atoms with Crippen molar-refractivity contribution in [3.05, 3.63) is 0 Å². The fourth-order valence-corrected chi connectivity index (χ4v) is 0. The average molecular weight is 177 g/mol. The van der Waals surface area contributed by atoms with Crippen molar-refractivity contribution in [1.82, 2.24) is 0 Å². The molecule has 0 atom stereocenters. The van der Waals surface area contributed by atoms with E-state index in [1.807, 2.05) is 6.79 Å². The van der Waals surface area contributed by atoms with Crippen molar-refractivity contribution in [1.29, 1.82) is 0 Å². The first-order chi connectivity index (χ1) is 1.00. The number of rotatable bonds is 0. The van der Waals surface area contributed by atoms with Crippen molar-refractivity contribution < 1.29 is 27.9 Å². The monoisotopic (exact) mass is 178 g/mol. The van der Waals surface area contributed by atoms with Crippen LogP contribution in [-0.2, 0) is 4.79 Å². The van der Waals surface area contributed by atoms with Crippen molar-refractivity contribution in [3.8, 4) is 0 Å². The second-order valence-electron chi connectivity index (χ2n) is 0. The van der Waals surface area contributed by atoms with Crippen LogP contribution in [0, 0.1) is 0 Å². The van der Waals surface area contributed by atoms with Crippen molar-refractivity contribution in [2.24, 2.45) is 0 Å². The molecular formula is CH5BaLiO. The first-order valence-corrected chi connectivity index (χ1v) is 0.289. The maximum atomic E-state index is 8.00. The van der Waals surface area contributed by atoms with E-state index in [2.05, 4.69) is 0 Å². The van der Waals surface area contributed by atoms with Crippen LogP contribution in [-0.4, -0.2) is 55.7 Å². The zero-order valence-corrected chi connectivity index (χ0v) is 7.26. The van der Waals surface area contributed by atoms with E-state index in [0.717, 1.165) is 0 Å². The van der Waals surface area contributed by atoms with Crippen LogP contribution >= 0.6 is 0 Å². The van der Waals surface area contributed by atoms with E-state index < -0.39 is 0 Å². The molecule has 0 aromatic carbocycles. The van der Waals surface area contributed by atoms with Gasteiger partial charge in [0, 0.05) is 0 Å². The summed E-state index contributed by atoms with van der Waals surface area (Å²) in [5.74, 6) is 0. The summed E-state index contributed by atoms with van der Waals surface area (Å²) in [7, 11) is 0. The van der Waals surface area contributed by atoms with Gasteiger partial charge in [0.15, 0.2) is 0 Å². The quantitative estimate of drug-likeness (QED) is 0.356. The summed E-state index contributed by atoms with van der Waals surface area (Å²) in [6.07, 6.45) is 0. The molecule has 0 bridgehead atoms. The summed E-state index contributed by atoms with van der Waals surface area (Å²) >= 11 is 0. The molecule has 0 heterocycles. The summed E-state index contributed by atoms with van der Waals surface area (Å²) in [5.41, 5.74) is 0. The Morgan fingerprint density at radius 1 is 1.50 bits per heavy atom. The number of hydrogen-bond acceptors (Lipinski definition) is 1. The summed E-state index contributed by atoms with van der Waals surface area (Å²) in [4.78, 5) is 8.00. The van der Waals surface area contributed by atoms with E-state index in [4.69, 9.17) is 4.79 Å². The van der Waals surface area contributed by atoms with Gasteiger partial charge in [0.05, 0.1) is 0 Å². The number of carbonyl (C=O) groups is 1. The maximum absolute atomic E-state index is 8.00. The van der Waals surface area contributed by atoms with Gasteiger partial charge in [-0.2, -0.15) is 0 Å². The van der Waals surface area contributed by atoms with Crippen LogP contribution < -0.4 is 18.9 Å². The summed E-state index contributed by atoms with van der Waals surface area (Å²) in [6.45, 7) is 2.00. The average Bonchev–Trinajstić information content (AvgIpc) is 1.00. The van der Waals surface area contributed by atoms with Crippen LogP contribution in [0.2, 0.25) is 0 Å². The van der Waals surface area contributed by atoms with E-state index >= 15 is 0 Å². The zero-order chi connectivity index (χ0) is 2.00.